The molecule has 0 amide bonds. The molecule has 4 aromatic rings. The van der Waals surface area contributed by atoms with E-state index in [9.17, 15) is 8.42 Å². The summed E-state index contributed by atoms with van der Waals surface area (Å²) in [6.45, 7) is 0. The summed E-state index contributed by atoms with van der Waals surface area (Å²) in [5.41, 5.74) is 8.07. The van der Waals surface area contributed by atoms with E-state index in [1.165, 1.54) is 3.97 Å². The Labute approximate surface area is 203 Å². The van der Waals surface area contributed by atoms with Gasteiger partial charge in [0.2, 0.25) is 5.95 Å². The van der Waals surface area contributed by atoms with E-state index in [0.717, 1.165) is 31.1 Å². The summed E-state index contributed by atoms with van der Waals surface area (Å²) in [6, 6.07) is 16.4. The van der Waals surface area contributed by atoms with Gasteiger partial charge in [0, 0.05) is 29.2 Å². The monoisotopic (exact) mass is 493 g/mol. The van der Waals surface area contributed by atoms with Crippen LogP contribution < -0.4 is 11.1 Å². The van der Waals surface area contributed by atoms with Crippen molar-refractivity contribution >= 4 is 38.5 Å². The highest BCUT2D eigenvalue weighted by Crippen LogP contribution is 2.55. The lowest BCUT2D eigenvalue weighted by atomic mass is 9.52. The summed E-state index contributed by atoms with van der Waals surface area (Å²) in [6.07, 6.45) is 7.48. The van der Waals surface area contributed by atoms with Gasteiger partial charge in [0.1, 0.15) is 0 Å². The molecule has 2 aliphatic carbocycles. The van der Waals surface area contributed by atoms with Crippen LogP contribution in [-0.4, -0.2) is 34.4 Å². The normalized spacial score (nSPS) is 24.1. The Bertz CT molecular complexity index is 1490. The summed E-state index contributed by atoms with van der Waals surface area (Å²) >= 11 is 6.52. The van der Waals surface area contributed by atoms with Gasteiger partial charge in [-0.2, -0.15) is 0 Å². The highest BCUT2D eigenvalue weighted by Gasteiger charge is 2.51. The van der Waals surface area contributed by atoms with Gasteiger partial charge < -0.3 is 11.1 Å². The second-order valence-corrected chi connectivity index (χ2v) is 11.7. The third-order valence-corrected chi connectivity index (χ3v) is 9.02. The molecule has 0 atom stereocenters. The first-order valence-electron chi connectivity index (χ1n) is 11.3. The molecule has 2 heterocycles. The van der Waals surface area contributed by atoms with Gasteiger partial charge in [0.05, 0.1) is 27.3 Å². The number of fused-ring (bicyclic) bond motifs is 1. The summed E-state index contributed by atoms with van der Waals surface area (Å²) in [4.78, 5) is 9.29. The maximum Gasteiger partial charge on any atom is 0.268 e. The molecule has 3 N–H and O–H groups in total. The molecule has 0 unspecified atom stereocenters. The number of benzene rings is 2. The minimum absolute atomic E-state index is 0.216. The quantitative estimate of drug-likeness (QED) is 0.418. The average Bonchev–Trinajstić information content (AvgIpc) is 3.19. The van der Waals surface area contributed by atoms with Crippen LogP contribution in [0.3, 0.4) is 0 Å². The lowest BCUT2D eigenvalue weighted by Crippen LogP contribution is -2.57. The van der Waals surface area contributed by atoms with Gasteiger partial charge in [-0.15, -0.1) is 0 Å². The van der Waals surface area contributed by atoms with Crippen molar-refractivity contribution in [3.8, 4) is 11.3 Å². The van der Waals surface area contributed by atoms with Crippen molar-refractivity contribution in [3.05, 3.63) is 72.0 Å². The molecule has 2 saturated carbocycles. The van der Waals surface area contributed by atoms with E-state index in [0.29, 0.717) is 45.2 Å². The van der Waals surface area contributed by atoms with Crippen molar-refractivity contribution in [2.24, 2.45) is 11.1 Å². The van der Waals surface area contributed by atoms with Gasteiger partial charge in [0.15, 0.2) is 0 Å². The Morgan fingerprint density at radius 1 is 1.03 bits per heavy atom. The summed E-state index contributed by atoms with van der Waals surface area (Å²) in [5.74, 6) is 0.491. The van der Waals surface area contributed by atoms with Crippen LogP contribution >= 0.6 is 11.6 Å². The minimum atomic E-state index is -3.80. The zero-order valence-electron chi connectivity index (χ0n) is 18.4. The van der Waals surface area contributed by atoms with Crippen LogP contribution in [0.5, 0.6) is 0 Å². The molecule has 2 aliphatic rings. The van der Waals surface area contributed by atoms with E-state index in [4.69, 9.17) is 22.3 Å². The molecule has 6 rings (SSSR count). The van der Waals surface area contributed by atoms with Gasteiger partial charge in [-0.05, 0) is 49.3 Å². The number of para-hydroxylation sites is 1. The number of hydrogen-bond donors (Lipinski definition) is 2. The lowest BCUT2D eigenvalue weighted by Gasteiger charge is -2.57. The highest BCUT2D eigenvalue weighted by atomic mass is 35.5. The third kappa shape index (κ3) is 3.48. The molecule has 7 nitrogen and oxygen atoms in total. The van der Waals surface area contributed by atoms with Crippen LogP contribution in [0.4, 0.5) is 5.95 Å². The average molecular weight is 494 g/mol. The Balaban J connectivity index is 1.38. The van der Waals surface area contributed by atoms with Gasteiger partial charge in [-0.25, -0.2) is 22.4 Å². The van der Waals surface area contributed by atoms with Gasteiger partial charge in [-0.1, -0.05) is 48.0 Å². The summed E-state index contributed by atoms with van der Waals surface area (Å²) in [7, 11) is -3.80. The van der Waals surface area contributed by atoms with Crippen LogP contribution in [0.2, 0.25) is 5.02 Å². The molecule has 174 valence electrons. The number of nitrogens with two attached hydrogens (primary N) is 1. The van der Waals surface area contributed by atoms with E-state index in [1.54, 1.807) is 48.8 Å². The first-order chi connectivity index (χ1) is 16.3. The predicted molar refractivity (Wildman–Crippen MR) is 133 cm³/mol. The van der Waals surface area contributed by atoms with Crippen molar-refractivity contribution in [3.63, 3.8) is 0 Å². The Morgan fingerprint density at radius 3 is 2.47 bits per heavy atom. The van der Waals surface area contributed by atoms with Crippen molar-refractivity contribution in [1.82, 2.24) is 13.9 Å². The van der Waals surface area contributed by atoms with E-state index >= 15 is 0 Å². The van der Waals surface area contributed by atoms with Crippen molar-refractivity contribution < 1.29 is 8.42 Å². The lowest BCUT2D eigenvalue weighted by molar-refractivity contribution is 0.000995. The number of rotatable bonds is 5. The second kappa shape index (κ2) is 7.80. The number of halogens is 1. The Hall–Kier alpha value is -2.94. The van der Waals surface area contributed by atoms with Gasteiger partial charge >= 0.3 is 0 Å². The van der Waals surface area contributed by atoms with Crippen LogP contribution in [0, 0.1) is 5.41 Å². The van der Waals surface area contributed by atoms with E-state index < -0.39 is 10.0 Å². The number of aromatic nitrogens is 3. The fourth-order valence-corrected chi connectivity index (χ4v) is 7.11. The maximum absolute atomic E-state index is 13.4. The van der Waals surface area contributed by atoms with Gasteiger partial charge in [0.25, 0.3) is 10.0 Å². The molecule has 0 bridgehead atoms. The number of anilines is 1. The fraction of sp³-hybridized carbons (Fsp3) is 0.280. The topological polar surface area (TPSA) is 103 Å². The SMILES string of the molecule is NC1CC2(C1)CC(Nc1ncc(Cl)c(-c3cn(S(=O)(=O)c4ccccc4)c4ccccc34)n1)C2. The first kappa shape index (κ1) is 21.6. The maximum atomic E-state index is 13.4. The molecule has 34 heavy (non-hydrogen) atoms. The summed E-state index contributed by atoms with van der Waals surface area (Å²) < 4.78 is 28.2. The molecule has 2 aromatic carbocycles. The van der Waals surface area contributed by atoms with Crippen LogP contribution in [0.1, 0.15) is 25.7 Å². The molecule has 1 spiro atoms. The smallest absolute Gasteiger partial charge is 0.268 e. The molecular weight excluding hydrogens is 470 g/mol. The molecule has 0 radical (unpaired) electrons. The Kier molecular flexibility index (Phi) is 4.95. The second-order valence-electron chi connectivity index (χ2n) is 9.48. The van der Waals surface area contributed by atoms with Gasteiger partial charge in [-0.3, -0.25) is 0 Å². The van der Waals surface area contributed by atoms with E-state index in [2.05, 4.69) is 10.3 Å². The van der Waals surface area contributed by atoms with Crippen molar-refractivity contribution in [2.45, 2.75) is 42.7 Å². The van der Waals surface area contributed by atoms with Crippen LogP contribution in [0.25, 0.3) is 22.2 Å². The van der Waals surface area contributed by atoms with E-state index in [-0.39, 0.29) is 4.90 Å². The third-order valence-electron chi connectivity index (χ3n) is 7.06. The largest absolute Gasteiger partial charge is 0.351 e. The summed E-state index contributed by atoms with van der Waals surface area (Å²) in [5, 5.41) is 4.53. The molecule has 2 aromatic heterocycles. The van der Waals surface area contributed by atoms with Crippen LogP contribution in [-0.2, 0) is 10.0 Å². The molecular formula is C25H24ClN5O2S. The number of hydrogen-bond acceptors (Lipinski definition) is 6. The number of nitrogens with one attached hydrogen (secondary N) is 1. The zero-order chi connectivity index (χ0) is 23.5. The predicted octanol–water partition coefficient (Wildman–Crippen LogP) is 4.67. The zero-order valence-corrected chi connectivity index (χ0v) is 19.9. The molecule has 2 fully saturated rings. The fourth-order valence-electron chi connectivity index (χ4n) is 5.53. The standard InChI is InChI=1S/C25H24ClN5O2S/c26-21-14-28-24(29-17-12-25(13-17)10-16(27)11-25)30-23(21)20-15-31(22-9-5-4-8-19(20)22)34(32,33)18-6-2-1-3-7-18/h1-9,14-17H,10-13,27H2,(H,28,29,30). The molecule has 0 aliphatic heterocycles. The van der Waals surface area contributed by atoms with Crippen LogP contribution in [0.15, 0.2) is 71.9 Å². The molecule has 0 saturated heterocycles. The minimum Gasteiger partial charge on any atom is -0.351 e. The highest BCUT2D eigenvalue weighted by molar-refractivity contribution is 7.90. The first-order valence-corrected chi connectivity index (χ1v) is 13.1. The number of nitrogens with zero attached hydrogens (tertiary/aromatic N) is 3. The van der Waals surface area contributed by atoms with Crippen molar-refractivity contribution in [2.75, 3.05) is 5.32 Å². The van der Waals surface area contributed by atoms with E-state index in [1.807, 2.05) is 18.2 Å². The molecule has 9 heteroatoms. The Morgan fingerprint density at radius 2 is 1.74 bits per heavy atom. The van der Waals surface area contributed by atoms with Crippen molar-refractivity contribution in [1.29, 1.82) is 0 Å².